The first-order valence-electron chi connectivity index (χ1n) is 7.66. The van der Waals surface area contributed by atoms with Crippen LogP contribution in [0.2, 0.25) is 0 Å². The third-order valence-electron chi connectivity index (χ3n) is 3.45. The van der Waals surface area contributed by atoms with Crippen LogP contribution in [-0.4, -0.2) is 55.6 Å². The average molecular weight is 397 g/mol. The Labute approximate surface area is 161 Å². The highest BCUT2D eigenvalue weighted by molar-refractivity contribution is 8.26. The highest BCUT2D eigenvalue weighted by Gasteiger charge is 2.33. The molecule has 1 fully saturated rings. The van der Waals surface area contributed by atoms with Gasteiger partial charge in [-0.1, -0.05) is 24.0 Å². The number of hydrogen-bond acceptors (Lipinski definition) is 8. The summed E-state index contributed by atoms with van der Waals surface area (Å²) in [7, 11) is 4.54. The summed E-state index contributed by atoms with van der Waals surface area (Å²) in [5, 5.41) is 0. The maximum Gasteiger partial charge on any atom is 0.326 e. The number of carbonyl (C=O) groups is 2. The van der Waals surface area contributed by atoms with Crippen molar-refractivity contribution < 1.29 is 28.5 Å². The minimum absolute atomic E-state index is 0.203. The predicted molar refractivity (Wildman–Crippen MR) is 103 cm³/mol. The molecule has 1 aromatic rings. The van der Waals surface area contributed by atoms with Gasteiger partial charge in [0.25, 0.3) is 5.91 Å². The number of hydrogen-bond donors (Lipinski definition) is 0. The van der Waals surface area contributed by atoms with Crippen LogP contribution in [0.25, 0.3) is 6.08 Å². The maximum absolute atomic E-state index is 12.5. The lowest BCUT2D eigenvalue weighted by Gasteiger charge is -2.13. The molecular formula is C17H19NO6S2. The van der Waals surface area contributed by atoms with Gasteiger partial charge in [-0.05, 0) is 30.7 Å². The van der Waals surface area contributed by atoms with Crippen molar-refractivity contribution in [2.24, 2.45) is 0 Å². The Balaban J connectivity index is 2.31. The molecule has 2 rings (SSSR count). The molecule has 0 radical (unpaired) electrons. The quantitative estimate of drug-likeness (QED) is 0.395. The summed E-state index contributed by atoms with van der Waals surface area (Å²) >= 11 is 6.32. The molecule has 1 amide bonds. The van der Waals surface area contributed by atoms with Crippen molar-refractivity contribution in [3.8, 4) is 17.2 Å². The molecule has 1 saturated heterocycles. The summed E-state index contributed by atoms with van der Waals surface area (Å²) in [6, 6.07) is 3.44. The minimum atomic E-state index is -0.502. The van der Waals surface area contributed by atoms with E-state index in [0.717, 1.165) is 11.8 Å². The largest absolute Gasteiger partial charge is 0.493 e. The van der Waals surface area contributed by atoms with Gasteiger partial charge in [-0.3, -0.25) is 14.5 Å². The van der Waals surface area contributed by atoms with Gasteiger partial charge < -0.3 is 18.9 Å². The molecule has 140 valence electrons. The zero-order valence-electron chi connectivity index (χ0n) is 14.9. The van der Waals surface area contributed by atoms with Gasteiger partial charge in [0.1, 0.15) is 10.9 Å². The second kappa shape index (κ2) is 8.91. The van der Waals surface area contributed by atoms with Gasteiger partial charge in [-0.2, -0.15) is 0 Å². The molecule has 0 atom stereocenters. The van der Waals surface area contributed by atoms with E-state index >= 15 is 0 Å². The predicted octanol–water partition coefficient (Wildman–Crippen LogP) is 2.48. The lowest BCUT2D eigenvalue weighted by molar-refractivity contribution is -0.145. The average Bonchev–Trinajstić information content (AvgIpc) is 2.88. The lowest BCUT2D eigenvalue weighted by atomic mass is 10.1. The van der Waals surface area contributed by atoms with E-state index in [1.807, 2.05) is 0 Å². The summed E-state index contributed by atoms with van der Waals surface area (Å²) in [4.78, 5) is 25.8. The van der Waals surface area contributed by atoms with Crippen molar-refractivity contribution in [1.82, 2.24) is 4.90 Å². The Bertz CT molecular complexity index is 737. The smallest absolute Gasteiger partial charge is 0.326 e. The molecule has 0 aromatic heterocycles. The highest BCUT2D eigenvalue weighted by atomic mass is 32.2. The van der Waals surface area contributed by atoms with E-state index in [2.05, 4.69) is 0 Å². The summed E-state index contributed by atoms with van der Waals surface area (Å²) in [6.45, 7) is 1.74. The van der Waals surface area contributed by atoms with E-state index < -0.39 is 5.97 Å². The molecule has 0 spiro atoms. The third kappa shape index (κ3) is 4.28. The molecule has 0 bridgehead atoms. The van der Waals surface area contributed by atoms with Crippen molar-refractivity contribution in [2.45, 2.75) is 6.92 Å². The standard InChI is InChI=1S/C17H19NO6S2/c1-5-24-14(19)9-18-16(20)13(26-17(18)25)8-10-6-11(21-2)15(23-4)12(7-10)22-3/h6-8H,5,9H2,1-4H3. The van der Waals surface area contributed by atoms with Crippen molar-refractivity contribution in [1.29, 1.82) is 0 Å². The van der Waals surface area contributed by atoms with E-state index in [9.17, 15) is 9.59 Å². The molecule has 1 aliphatic heterocycles. The number of rotatable bonds is 7. The van der Waals surface area contributed by atoms with Gasteiger partial charge in [0.15, 0.2) is 11.5 Å². The molecule has 26 heavy (non-hydrogen) atoms. The SMILES string of the molecule is CCOC(=O)CN1C(=O)C(=Cc2cc(OC)c(OC)c(OC)c2)SC1=S. The Morgan fingerprint density at radius 1 is 1.19 bits per heavy atom. The fourth-order valence-electron chi connectivity index (χ4n) is 2.31. The van der Waals surface area contributed by atoms with Gasteiger partial charge in [-0.25, -0.2) is 0 Å². The third-order valence-corrected chi connectivity index (χ3v) is 4.83. The number of nitrogens with zero attached hydrogens (tertiary/aromatic N) is 1. The fourth-order valence-corrected chi connectivity index (χ4v) is 3.56. The normalized spacial score (nSPS) is 15.4. The summed E-state index contributed by atoms with van der Waals surface area (Å²) in [5.74, 6) is 0.557. The Hall–Kier alpha value is -2.26. The van der Waals surface area contributed by atoms with E-state index in [-0.39, 0.29) is 19.1 Å². The molecule has 7 nitrogen and oxygen atoms in total. The molecule has 1 aromatic carbocycles. The van der Waals surface area contributed by atoms with Crippen molar-refractivity contribution >= 4 is 46.3 Å². The Morgan fingerprint density at radius 2 is 1.81 bits per heavy atom. The van der Waals surface area contributed by atoms with E-state index in [0.29, 0.717) is 32.0 Å². The highest BCUT2D eigenvalue weighted by Crippen LogP contribution is 2.40. The van der Waals surface area contributed by atoms with Crippen molar-refractivity contribution in [3.63, 3.8) is 0 Å². The number of methoxy groups -OCH3 is 3. The second-order valence-electron chi connectivity index (χ2n) is 5.03. The topological polar surface area (TPSA) is 74.3 Å². The number of amides is 1. The van der Waals surface area contributed by atoms with E-state index in [4.69, 9.17) is 31.2 Å². The first-order chi connectivity index (χ1) is 12.4. The first-order valence-corrected chi connectivity index (χ1v) is 8.88. The van der Waals surface area contributed by atoms with Crippen LogP contribution in [0.1, 0.15) is 12.5 Å². The molecule has 0 unspecified atom stereocenters. The molecule has 9 heteroatoms. The summed E-state index contributed by atoms with van der Waals surface area (Å²) in [5.41, 5.74) is 0.677. The molecule has 1 heterocycles. The number of esters is 1. The van der Waals surface area contributed by atoms with Crippen molar-refractivity contribution in [3.05, 3.63) is 22.6 Å². The van der Waals surface area contributed by atoms with Crippen LogP contribution in [0.15, 0.2) is 17.0 Å². The molecule has 1 aliphatic rings. The first kappa shape index (κ1) is 20.1. The monoisotopic (exact) mass is 397 g/mol. The van der Waals surface area contributed by atoms with E-state index in [1.54, 1.807) is 25.1 Å². The van der Waals surface area contributed by atoms with E-state index in [1.165, 1.54) is 26.2 Å². The van der Waals surface area contributed by atoms with Crippen LogP contribution >= 0.6 is 24.0 Å². The Kier molecular flexibility index (Phi) is 6.87. The maximum atomic E-state index is 12.5. The summed E-state index contributed by atoms with van der Waals surface area (Å²) < 4.78 is 21.1. The molecule has 0 N–H and O–H groups in total. The van der Waals surface area contributed by atoms with Gasteiger partial charge in [0.05, 0.1) is 32.8 Å². The van der Waals surface area contributed by atoms with Crippen LogP contribution < -0.4 is 14.2 Å². The van der Waals surface area contributed by atoms with Crippen LogP contribution in [0.4, 0.5) is 0 Å². The van der Waals surface area contributed by atoms with Crippen LogP contribution in [0.3, 0.4) is 0 Å². The zero-order valence-corrected chi connectivity index (χ0v) is 16.5. The fraction of sp³-hybridized carbons (Fsp3) is 0.353. The van der Waals surface area contributed by atoms with Gasteiger partial charge >= 0.3 is 5.97 Å². The van der Waals surface area contributed by atoms with Crippen LogP contribution in [-0.2, 0) is 14.3 Å². The number of carbonyl (C=O) groups excluding carboxylic acids is 2. The van der Waals surface area contributed by atoms with Gasteiger partial charge in [-0.15, -0.1) is 0 Å². The minimum Gasteiger partial charge on any atom is -0.493 e. The van der Waals surface area contributed by atoms with Crippen molar-refractivity contribution in [2.75, 3.05) is 34.5 Å². The van der Waals surface area contributed by atoms with Gasteiger partial charge in [0, 0.05) is 0 Å². The number of benzene rings is 1. The number of ether oxygens (including phenoxy) is 4. The molecular weight excluding hydrogens is 378 g/mol. The second-order valence-corrected chi connectivity index (χ2v) is 6.71. The lowest BCUT2D eigenvalue weighted by Crippen LogP contribution is -2.34. The van der Waals surface area contributed by atoms with Gasteiger partial charge in [0.2, 0.25) is 5.75 Å². The molecule has 0 aliphatic carbocycles. The van der Waals surface area contributed by atoms with Crippen LogP contribution in [0, 0.1) is 0 Å². The Morgan fingerprint density at radius 3 is 2.31 bits per heavy atom. The molecule has 0 saturated carbocycles. The zero-order chi connectivity index (χ0) is 19.3. The summed E-state index contributed by atoms with van der Waals surface area (Å²) in [6.07, 6.45) is 1.66. The van der Waals surface area contributed by atoms with Crippen LogP contribution in [0.5, 0.6) is 17.2 Å². The number of thiocarbonyl (C=S) groups is 1. The number of thioether (sulfide) groups is 1.